The molecule has 0 heterocycles. The molecule has 0 unspecified atom stereocenters. The average molecular weight is 272 g/mol. The van der Waals surface area contributed by atoms with Crippen LogP contribution in [-0.4, -0.2) is 30.4 Å². The Morgan fingerprint density at radius 2 is 1.65 bits per heavy atom. The Kier molecular flexibility index (Phi) is 3.95. The molecule has 1 N–H and O–H groups in total. The molecule has 0 spiro atoms. The number of carbonyl (C=O) groups is 1. The van der Waals surface area contributed by atoms with E-state index in [0.717, 1.165) is 42.7 Å². The van der Waals surface area contributed by atoms with E-state index in [1.54, 1.807) is 0 Å². The lowest BCUT2D eigenvalue weighted by Crippen LogP contribution is -2.34. The highest BCUT2D eigenvalue weighted by molar-refractivity contribution is 5.94. The van der Waals surface area contributed by atoms with Gasteiger partial charge in [-0.2, -0.15) is 0 Å². The van der Waals surface area contributed by atoms with Gasteiger partial charge in [-0.1, -0.05) is 0 Å². The zero-order chi connectivity index (χ0) is 13.9. The third-order valence-corrected chi connectivity index (χ3v) is 4.15. The Labute approximate surface area is 121 Å². The van der Waals surface area contributed by atoms with Crippen molar-refractivity contribution >= 4 is 11.6 Å². The molecule has 3 rings (SSSR count). The van der Waals surface area contributed by atoms with Crippen LogP contribution in [0.4, 0.5) is 5.69 Å². The van der Waals surface area contributed by atoms with Crippen LogP contribution in [0.2, 0.25) is 0 Å². The minimum Gasteiger partial charge on any atom is -0.385 e. The van der Waals surface area contributed by atoms with Gasteiger partial charge in [0.1, 0.15) is 0 Å². The van der Waals surface area contributed by atoms with Crippen LogP contribution in [0, 0.1) is 11.8 Å². The molecular formula is C17H24N2O. The fourth-order valence-corrected chi connectivity index (χ4v) is 2.58. The molecule has 2 aliphatic carbocycles. The molecule has 1 aromatic carbocycles. The van der Waals surface area contributed by atoms with Gasteiger partial charge in [-0.25, -0.2) is 0 Å². The van der Waals surface area contributed by atoms with Crippen LogP contribution in [0.3, 0.4) is 0 Å². The van der Waals surface area contributed by atoms with Crippen molar-refractivity contribution in [2.75, 3.05) is 25.0 Å². The highest BCUT2D eigenvalue weighted by atomic mass is 16.2. The molecular weight excluding hydrogens is 248 g/mol. The standard InChI is InChI=1S/C17H24N2O/c1-2-18-16-9-7-15(8-10-16)17(20)19(11-13-3-4-13)12-14-5-6-14/h7-10,13-14,18H,2-6,11-12H2,1H3. The summed E-state index contributed by atoms with van der Waals surface area (Å²) in [5.41, 5.74) is 1.91. The minimum atomic E-state index is 0.215. The normalized spacial score (nSPS) is 17.9. The smallest absolute Gasteiger partial charge is 0.253 e. The summed E-state index contributed by atoms with van der Waals surface area (Å²) < 4.78 is 0. The molecule has 108 valence electrons. The number of benzene rings is 1. The predicted octanol–water partition coefficient (Wildman–Crippen LogP) is 3.38. The van der Waals surface area contributed by atoms with Gasteiger partial charge in [0.25, 0.3) is 5.91 Å². The Bertz CT molecular complexity index is 446. The van der Waals surface area contributed by atoms with Crippen LogP contribution in [0.15, 0.2) is 24.3 Å². The molecule has 2 saturated carbocycles. The number of anilines is 1. The fourth-order valence-electron chi connectivity index (χ4n) is 2.58. The highest BCUT2D eigenvalue weighted by Gasteiger charge is 2.31. The predicted molar refractivity (Wildman–Crippen MR) is 82.0 cm³/mol. The van der Waals surface area contributed by atoms with Crippen LogP contribution < -0.4 is 5.32 Å². The zero-order valence-corrected chi connectivity index (χ0v) is 12.3. The SMILES string of the molecule is CCNc1ccc(C(=O)N(CC2CC2)CC2CC2)cc1. The first kappa shape index (κ1) is 13.5. The van der Waals surface area contributed by atoms with Crippen molar-refractivity contribution in [3.63, 3.8) is 0 Å². The Morgan fingerprint density at radius 1 is 1.10 bits per heavy atom. The number of hydrogen-bond acceptors (Lipinski definition) is 2. The summed E-state index contributed by atoms with van der Waals surface area (Å²) in [5.74, 6) is 1.74. The fraction of sp³-hybridized carbons (Fsp3) is 0.588. The van der Waals surface area contributed by atoms with Gasteiger partial charge < -0.3 is 10.2 Å². The van der Waals surface area contributed by atoms with E-state index in [1.165, 1.54) is 25.7 Å². The van der Waals surface area contributed by atoms with Crippen LogP contribution in [0.5, 0.6) is 0 Å². The van der Waals surface area contributed by atoms with E-state index >= 15 is 0 Å². The average Bonchev–Trinajstić information content (AvgIpc) is 3.34. The molecule has 0 aromatic heterocycles. The number of hydrogen-bond donors (Lipinski definition) is 1. The van der Waals surface area contributed by atoms with E-state index in [1.807, 2.05) is 24.3 Å². The molecule has 1 amide bonds. The summed E-state index contributed by atoms with van der Waals surface area (Å²) in [6.07, 6.45) is 5.20. The van der Waals surface area contributed by atoms with Crippen molar-refractivity contribution in [1.29, 1.82) is 0 Å². The second-order valence-corrected chi connectivity index (χ2v) is 6.20. The van der Waals surface area contributed by atoms with Gasteiger partial charge in [0.2, 0.25) is 0 Å². The number of rotatable bonds is 7. The van der Waals surface area contributed by atoms with Gasteiger partial charge in [-0.3, -0.25) is 4.79 Å². The quantitative estimate of drug-likeness (QED) is 0.825. The van der Waals surface area contributed by atoms with Gasteiger partial charge >= 0.3 is 0 Å². The molecule has 0 atom stereocenters. The lowest BCUT2D eigenvalue weighted by atomic mass is 10.1. The van der Waals surface area contributed by atoms with Gasteiger partial charge in [0.05, 0.1) is 0 Å². The van der Waals surface area contributed by atoms with Crippen molar-refractivity contribution in [3.05, 3.63) is 29.8 Å². The maximum atomic E-state index is 12.6. The third kappa shape index (κ3) is 3.53. The number of amides is 1. The second-order valence-electron chi connectivity index (χ2n) is 6.20. The molecule has 3 heteroatoms. The molecule has 0 aliphatic heterocycles. The topological polar surface area (TPSA) is 32.3 Å². The van der Waals surface area contributed by atoms with Crippen LogP contribution in [0.1, 0.15) is 43.0 Å². The molecule has 0 bridgehead atoms. The largest absolute Gasteiger partial charge is 0.385 e. The molecule has 0 saturated heterocycles. The van der Waals surface area contributed by atoms with Crippen molar-refractivity contribution in [3.8, 4) is 0 Å². The van der Waals surface area contributed by atoms with Crippen molar-refractivity contribution in [2.45, 2.75) is 32.6 Å². The lowest BCUT2D eigenvalue weighted by molar-refractivity contribution is 0.0739. The van der Waals surface area contributed by atoms with E-state index in [4.69, 9.17) is 0 Å². The summed E-state index contributed by atoms with van der Waals surface area (Å²) in [5, 5.41) is 3.26. The van der Waals surface area contributed by atoms with E-state index in [0.29, 0.717) is 0 Å². The lowest BCUT2D eigenvalue weighted by Gasteiger charge is -2.22. The van der Waals surface area contributed by atoms with Crippen LogP contribution >= 0.6 is 0 Å². The van der Waals surface area contributed by atoms with E-state index in [-0.39, 0.29) is 5.91 Å². The van der Waals surface area contributed by atoms with Crippen LogP contribution in [-0.2, 0) is 0 Å². The van der Waals surface area contributed by atoms with Crippen molar-refractivity contribution < 1.29 is 4.79 Å². The highest BCUT2D eigenvalue weighted by Crippen LogP contribution is 2.34. The van der Waals surface area contributed by atoms with E-state index < -0.39 is 0 Å². The van der Waals surface area contributed by atoms with Gasteiger partial charge in [-0.15, -0.1) is 0 Å². The Morgan fingerprint density at radius 3 is 2.10 bits per heavy atom. The maximum absolute atomic E-state index is 12.6. The molecule has 0 radical (unpaired) electrons. The Hall–Kier alpha value is -1.51. The summed E-state index contributed by atoms with van der Waals surface area (Å²) >= 11 is 0. The molecule has 2 aliphatic rings. The number of nitrogens with zero attached hydrogens (tertiary/aromatic N) is 1. The maximum Gasteiger partial charge on any atom is 0.253 e. The van der Waals surface area contributed by atoms with Crippen molar-refractivity contribution in [1.82, 2.24) is 4.90 Å². The molecule has 2 fully saturated rings. The molecule has 20 heavy (non-hydrogen) atoms. The summed E-state index contributed by atoms with van der Waals surface area (Å²) in [6, 6.07) is 7.91. The summed E-state index contributed by atoms with van der Waals surface area (Å²) in [7, 11) is 0. The third-order valence-electron chi connectivity index (χ3n) is 4.15. The first-order chi connectivity index (χ1) is 9.76. The van der Waals surface area contributed by atoms with E-state index in [2.05, 4.69) is 17.1 Å². The van der Waals surface area contributed by atoms with Gasteiger partial charge in [0.15, 0.2) is 0 Å². The van der Waals surface area contributed by atoms with Gasteiger partial charge in [-0.05, 0) is 68.7 Å². The van der Waals surface area contributed by atoms with Crippen LogP contribution in [0.25, 0.3) is 0 Å². The molecule has 1 aromatic rings. The minimum absolute atomic E-state index is 0.215. The summed E-state index contributed by atoms with van der Waals surface area (Å²) in [4.78, 5) is 14.7. The number of carbonyl (C=O) groups excluding carboxylic acids is 1. The molecule has 3 nitrogen and oxygen atoms in total. The zero-order valence-electron chi connectivity index (χ0n) is 12.3. The van der Waals surface area contributed by atoms with E-state index in [9.17, 15) is 4.79 Å². The van der Waals surface area contributed by atoms with Crippen molar-refractivity contribution in [2.24, 2.45) is 11.8 Å². The first-order valence-electron chi connectivity index (χ1n) is 7.89. The second kappa shape index (κ2) is 5.86. The Balaban J connectivity index is 1.66. The summed E-state index contributed by atoms with van der Waals surface area (Å²) in [6.45, 7) is 4.91. The number of nitrogens with one attached hydrogen (secondary N) is 1. The first-order valence-corrected chi connectivity index (χ1v) is 7.89. The monoisotopic (exact) mass is 272 g/mol. The van der Waals surface area contributed by atoms with Gasteiger partial charge in [0, 0.05) is 30.9 Å².